The van der Waals surface area contributed by atoms with Crippen LogP contribution in [0.3, 0.4) is 0 Å². The lowest BCUT2D eigenvalue weighted by molar-refractivity contribution is -0.111. The molecule has 1 N–H and O–H groups in total. The number of benzene rings is 3. The Kier molecular flexibility index (Phi) is 6.08. The van der Waals surface area contributed by atoms with Gasteiger partial charge in [-0.2, -0.15) is 5.10 Å². The van der Waals surface area contributed by atoms with Crippen molar-refractivity contribution in [3.05, 3.63) is 108 Å². The summed E-state index contributed by atoms with van der Waals surface area (Å²) >= 11 is 0. The Bertz CT molecular complexity index is 1270. The molecule has 5 nitrogen and oxygen atoms in total. The van der Waals surface area contributed by atoms with E-state index in [2.05, 4.69) is 5.32 Å². The lowest BCUT2D eigenvalue weighted by atomic mass is 10.1. The number of anilines is 1. The van der Waals surface area contributed by atoms with Gasteiger partial charge in [0.05, 0.1) is 11.4 Å². The highest BCUT2D eigenvalue weighted by Gasteiger charge is 2.11. The van der Waals surface area contributed by atoms with Crippen LogP contribution >= 0.6 is 0 Å². The number of carbonyl (C=O) groups is 2. The van der Waals surface area contributed by atoms with Crippen molar-refractivity contribution < 1.29 is 9.59 Å². The molecule has 158 valence electrons. The van der Waals surface area contributed by atoms with Crippen LogP contribution in [0.25, 0.3) is 23.0 Å². The Labute approximate surface area is 187 Å². The van der Waals surface area contributed by atoms with Gasteiger partial charge in [-0.1, -0.05) is 48.0 Å². The molecule has 32 heavy (non-hydrogen) atoms. The van der Waals surface area contributed by atoms with Crippen LogP contribution < -0.4 is 5.32 Å². The number of nitrogens with zero attached hydrogens (tertiary/aromatic N) is 2. The van der Waals surface area contributed by atoms with E-state index in [9.17, 15) is 9.59 Å². The minimum atomic E-state index is -0.261. The van der Waals surface area contributed by atoms with Crippen LogP contribution in [0.1, 0.15) is 28.4 Å². The molecular weight excluding hydrogens is 398 g/mol. The van der Waals surface area contributed by atoms with Gasteiger partial charge in [-0.05, 0) is 56.3 Å². The summed E-state index contributed by atoms with van der Waals surface area (Å²) in [6.45, 7) is 3.55. The molecule has 3 aromatic carbocycles. The molecule has 0 atom stereocenters. The van der Waals surface area contributed by atoms with Crippen molar-refractivity contribution >= 4 is 23.5 Å². The predicted molar refractivity (Wildman–Crippen MR) is 128 cm³/mol. The van der Waals surface area contributed by atoms with Crippen LogP contribution in [0, 0.1) is 6.92 Å². The van der Waals surface area contributed by atoms with E-state index in [1.165, 1.54) is 18.6 Å². The predicted octanol–water partition coefficient (Wildman–Crippen LogP) is 5.70. The summed E-state index contributed by atoms with van der Waals surface area (Å²) in [4.78, 5) is 23.9. The number of carbonyl (C=O) groups excluding carboxylic acids is 2. The second kappa shape index (κ2) is 9.27. The van der Waals surface area contributed by atoms with Crippen LogP contribution in [-0.2, 0) is 4.79 Å². The Morgan fingerprint density at radius 1 is 0.906 bits per heavy atom. The summed E-state index contributed by atoms with van der Waals surface area (Å²) in [5.41, 5.74) is 5.95. The Balaban J connectivity index is 1.60. The van der Waals surface area contributed by atoms with E-state index in [1.807, 2.05) is 72.4 Å². The standard InChI is InChI=1S/C27H23N3O2/c1-19-8-10-22(11-9-19)27-23(18-30(29-27)25-6-4-3-5-7-25)14-17-26(32)28-24-15-12-21(13-16-24)20(2)31/h3-18H,1-2H3,(H,28,32). The number of amides is 1. The molecule has 0 saturated heterocycles. The van der Waals surface area contributed by atoms with E-state index in [4.69, 9.17) is 5.10 Å². The average Bonchev–Trinajstić information content (AvgIpc) is 3.23. The van der Waals surface area contributed by atoms with E-state index in [0.29, 0.717) is 11.3 Å². The molecule has 0 fully saturated rings. The van der Waals surface area contributed by atoms with Crippen molar-refractivity contribution in [2.24, 2.45) is 0 Å². The van der Waals surface area contributed by atoms with Crippen molar-refractivity contribution in [1.82, 2.24) is 9.78 Å². The molecule has 0 saturated carbocycles. The fraction of sp³-hybridized carbons (Fsp3) is 0.0741. The fourth-order valence-corrected chi connectivity index (χ4v) is 3.30. The van der Waals surface area contributed by atoms with E-state index in [-0.39, 0.29) is 11.7 Å². The van der Waals surface area contributed by atoms with Crippen molar-refractivity contribution in [2.45, 2.75) is 13.8 Å². The Morgan fingerprint density at radius 3 is 2.25 bits per heavy atom. The summed E-state index contributed by atoms with van der Waals surface area (Å²) in [7, 11) is 0. The minimum absolute atomic E-state index is 0.0122. The third-order valence-electron chi connectivity index (χ3n) is 5.06. The SMILES string of the molecule is CC(=O)c1ccc(NC(=O)C=Cc2cn(-c3ccccc3)nc2-c2ccc(C)cc2)cc1. The molecule has 0 radical (unpaired) electrons. The van der Waals surface area contributed by atoms with Crippen molar-refractivity contribution in [3.63, 3.8) is 0 Å². The van der Waals surface area contributed by atoms with E-state index < -0.39 is 0 Å². The first-order chi connectivity index (χ1) is 15.5. The quantitative estimate of drug-likeness (QED) is 0.321. The molecule has 0 spiro atoms. The lowest BCUT2D eigenvalue weighted by Crippen LogP contribution is -2.07. The van der Waals surface area contributed by atoms with Gasteiger partial charge in [-0.15, -0.1) is 0 Å². The van der Waals surface area contributed by atoms with Gasteiger partial charge in [-0.25, -0.2) is 4.68 Å². The molecule has 4 aromatic rings. The van der Waals surface area contributed by atoms with Gasteiger partial charge in [-0.3, -0.25) is 9.59 Å². The van der Waals surface area contributed by atoms with E-state index in [0.717, 1.165) is 22.5 Å². The van der Waals surface area contributed by atoms with Crippen molar-refractivity contribution in [3.8, 4) is 16.9 Å². The first-order valence-corrected chi connectivity index (χ1v) is 10.3. The van der Waals surface area contributed by atoms with Crippen LogP contribution in [0.5, 0.6) is 0 Å². The van der Waals surface area contributed by atoms with Gasteiger partial charge in [0.1, 0.15) is 0 Å². The zero-order valence-electron chi connectivity index (χ0n) is 17.9. The summed E-state index contributed by atoms with van der Waals surface area (Å²) in [5.74, 6) is -0.273. The summed E-state index contributed by atoms with van der Waals surface area (Å²) in [6, 6.07) is 24.8. The molecule has 5 heteroatoms. The highest BCUT2D eigenvalue weighted by atomic mass is 16.1. The zero-order valence-corrected chi connectivity index (χ0v) is 17.9. The van der Waals surface area contributed by atoms with Crippen LogP contribution in [0.4, 0.5) is 5.69 Å². The third-order valence-corrected chi connectivity index (χ3v) is 5.06. The monoisotopic (exact) mass is 421 g/mol. The van der Waals surface area contributed by atoms with E-state index in [1.54, 1.807) is 30.3 Å². The average molecular weight is 422 g/mol. The topological polar surface area (TPSA) is 64.0 Å². The maximum atomic E-state index is 12.5. The molecule has 0 unspecified atom stereocenters. The number of Topliss-reactive ketones (excluding diaryl/α,β-unsaturated/α-hetero) is 1. The molecule has 0 aliphatic heterocycles. The number of hydrogen-bond acceptors (Lipinski definition) is 3. The molecule has 0 bridgehead atoms. The smallest absolute Gasteiger partial charge is 0.248 e. The largest absolute Gasteiger partial charge is 0.323 e. The molecule has 0 aliphatic carbocycles. The number of rotatable bonds is 6. The third kappa shape index (κ3) is 4.90. The van der Waals surface area contributed by atoms with E-state index >= 15 is 0 Å². The lowest BCUT2D eigenvalue weighted by Gasteiger charge is -2.03. The maximum absolute atomic E-state index is 12.5. The zero-order chi connectivity index (χ0) is 22.5. The van der Waals surface area contributed by atoms with Gasteiger partial charge >= 0.3 is 0 Å². The van der Waals surface area contributed by atoms with Crippen LogP contribution in [-0.4, -0.2) is 21.5 Å². The number of hydrogen-bond donors (Lipinski definition) is 1. The Morgan fingerprint density at radius 2 is 1.59 bits per heavy atom. The second-order valence-electron chi connectivity index (χ2n) is 7.54. The minimum Gasteiger partial charge on any atom is -0.323 e. The van der Waals surface area contributed by atoms with Gasteiger partial charge in [0.15, 0.2) is 5.78 Å². The number of aryl methyl sites for hydroxylation is 1. The van der Waals surface area contributed by atoms with Crippen LogP contribution in [0.2, 0.25) is 0 Å². The normalized spacial score (nSPS) is 10.9. The first kappa shape index (κ1) is 21.0. The molecule has 1 aromatic heterocycles. The highest BCUT2D eigenvalue weighted by Crippen LogP contribution is 2.25. The molecular formula is C27H23N3O2. The van der Waals surface area contributed by atoms with Crippen molar-refractivity contribution in [1.29, 1.82) is 0 Å². The van der Waals surface area contributed by atoms with Crippen molar-refractivity contribution in [2.75, 3.05) is 5.32 Å². The number of nitrogens with one attached hydrogen (secondary N) is 1. The first-order valence-electron chi connectivity index (χ1n) is 10.3. The van der Waals surface area contributed by atoms with Gasteiger partial charge < -0.3 is 5.32 Å². The number of para-hydroxylation sites is 1. The number of aromatic nitrogens is 2. The maximum Gasteiger partial charge on any atom is 0.248 e. The molecule has 0 aliphatic rings. The molecule has 1 amide bonds. The highest BCUT2D eigenvalue weighted by molar-refractivity contribution is 6.02. The summed E-state index contributed by atoms with van der Waals surface area (Å²) in [6.07, 6.45) is 5.17. The van der Waals surface area contributed by atoms with Gasteiger partial charge in [0, 0.05) is 34.7 Å². The Hall–Kier alpha value is -4.25. The van der Waals surface area contributed by atoms with Crippen LogP contribution in [0.15, 0.2) is 91.1 Å². The molecule has 4 rings (SSSR count). The van der Waals surface area contributed by atoms with Gasteiger partial charge in [0.25, 0.3) is 0 Å². The fourth-order valence-electron chi connectivity index (χ4n) is 3.30. The second-order valence-corrected chi connectivity index (χ2v) is 7.54. The molecule has 1 heterocycles. The van der Waals surface area contributed by atoms with Gasteiger partial charge in [0.2, 0.25) is 5.91 Å². The summed E-state index contributed by atoms with van der Waals surface area (Å²) < 4.78 is 1.81. The number of ketones is 1. The summed E-state index contributed by atoms with van der Waals surface area (Å²) in [5, 5.41) is 7.59.